The molecule has 0 atom stereocenters. The molecular weight excluding hydrogens is 320 g/mol. The van der Waals surface area contributed by atoms with Crippen molar-refractivity contribution in [3.8, 4) is 11.5 Å². The SMILES string of the molecule is O=C(Cc1ccc2c(c1)OCCO2)N1CCCN(C(=O)C2CC2)CC1. The fourth-order valence-corrected chi connectivity index (χ4v) is 3.46. The number of nitrogens with zero attached hydrogens (tertiary/aromatic N) is 2. The third kappa shape index (κ3) is 3.72. The molecule has 0 aromatic heterocycles. The number of hydrogen-bond acceptors (Lipinski definition) is 4. The maximum atomic E-state index is 12.7. The zero-order chi connectivity index (χ0) is 17.2. The predicted molar refractivity (Wildman–Crippen MR) is 91.6 cm³/mol. The van der Waals surface area contributed by atoms with Crippen LogP contribution in [0.25, 0.3) is 0 Å². The van der Waals surface area contributed by atoms with Gasteiger partial charge in [-0.1, -0.05) is 6.07 Å². The van der Waals surface area contributed by atoms with E-state index in [1.165, 1.54) is 0 Å². The summed E-state index contributed by atoms with van der Waals surface area (Å²) in [5.74, 6) is 2.10. The Bertz CT molecular complexity index is 671. The smallest absolute Gasteiger partial charge is 0.227 e. The van der Waals surface area contributed by atoms with Crippen LogP contribution in [0.2, 0.25) is 0 Å². The average molecular weight is 344 g/mol. The Morgan fingerprint density at radius 3 is 2.48 bits per heavy atom. The van der Waals surface area contributed by atoms with Crippen molar-refractivity contribution < 1.29 is 19.1 Å². The molecule has 2 fully saturated rings. The van der Waals surface area contributed by atoms with Crippen molar-refractivity contribution in [3.63, 3.8) is 0 Å². The minimum absolute atomic E-state index is 0.109. The highest BCUT2D eigenvalue weighted by molar-refractivity contribution is 5.82. The molecule has 1 aromatic rings. The summed E-state index contributed by atoms with van der Waals surface area (Å²) in [5.41, 5.74) is 0.935. The van der Waals surface area contributed by atoms with E-state index in [4.69, 9.17) is 9.47 Å². The second-order valence-corrected chi connectivity index (χ2v) is 6.99. The summed E-state index contributed by atoms with van der Waals surface area (Å²) in [4.78, 5) is 28.7. The van der Waals surface area contributed by atoms with Crippen LogP contribution in [0.4, 0.5) is 0 Å². The molecule has 0 spiro atoms. The molecule has 0 radical (unpaired) electrons. The van der Waals surface area contributed by atoms with Crippen molar-refractivity contribution in [2.75, 3.05) is 39.4 Å². The van der Waals surface area contributed by atoms with Crippen molar-refractivity contribution in [1.82, 2.24) is 9.80 Å². The van der Waals surface area contributed by atoms with E-state index >= 15 is 0 Å². The van der Waals surface area contributed by atoms with Gasteiger partial charge in [0.05, 0.1) is 6.42 Å². The second-order valence-electron chi connectivity index (χ2n) is 6.99. The van der Waals surface area contributed by atoms with Crippen LogP contribution in [0.1, 0.15) is 24.8 Å². The fourth-order valence-electron chi connectivity index (χ4n) is 3.46. The van der Waals surface area contributed by atoms with E-state index in [0.29, 0.717) is 38.5 Å². The van der Waals surface area contributed by atoms with Gasteiger partial charge in [0.25, 0.3) is 0 Å². The first-order chi connectivity index (χ1) is 12.2. The Morgan fingerprint density at radius 2 is 1.68 bits per heavy atom. The average Bonchev–Trinajstić information content (AvgIpc) is 3.47. The van der Waals surface area contributed by atoms with Crippen LogP contribution in [0.15, 0.2) is 18.2 Å². The van der Waals surface area contributed by atoms with Gasteiger partial charge in [0.2, 0.25) is 11.8 Å². The van der Waals surface area contributed by atoms with Gasteiger partial charge >= 0.3 is 0 Å². The lowest BCUT2D eigenvalue weighted by Gasteiger charge is -2.23. The molecule has 6 nitrogen and oxygen atoms in total. The molecule has 134 valence electrons. The summed E-state index contributed by atoms with van der Waals surface area (Å²) in [5, 5.41) is 0. The van der Waals surface area contributed by atoms with Crippen LogP contribution in [0, 0.1) is 5.92 Å². The first-order valence-corrected chi connectivity index (χ1v) is 9.16. The number of carbonyl (C=O) groups is 2. The lowest BCUT2D eigenvalue weighted by Crippen LogP contribution is -2.38. The van der Waals surface area contributed by atoms with Gasteiger partial charge in [-0.3, -0.25) is 9.59 Å². The molecule has 2 heterocycles. The summed E-state index contributed by atoms with van der Waals surface area (Å²) < 4.78 is 11.1. The maximum Gasteiger partial charge on any atom is 0.227 e. The van der Waals surface area contributed by atoms with Gasteiger partial charge in [-0.25, -0.2) is 0 Å². The number of hydrogen-bond donors (Lipinski definition) is 0. The van der Waals surface area contributed by atoms with Gasteiger partial charge in [0, 0.05) is 32.1 Å². The number of amides is 2. The molecule has 6 heteroatoms. The standard InChI is InChI=1S/C19H24N2O4/c22-18(13-14-2-5-16-17(12-14)25-11-10-24-16)20-6-1-7-21(9-8-20)19(23)15-3-4-15/h2,5,12,15H,1,3-4,6-11,13H2. The quantitative estimate of drug-likeness (QED) is 0.833. The molecule has 3 aliphatic rings. The summed E-state index contributed by atoms with van der Waals surface area (Å²) >= 11 is 0. The van der Waals surface area contributed by atoms with Crippen molar-refractivity contribution in [2.24, 2.45) is 5.92 Å². The number of ether oxygens (including phenoxy) is 2. The third-order valence-corrected chi connectivity index (χ3v) is 5.05. The Hall–Kier alpha value is -2.24. The van der Waals surface area contributed by atoms with Gasteiger partial charge in [0.1, 0.15) is 13.2 Å². The van der Waals surface area contributed by atoms with Gasteiger partial charge < -0.3 is 19.3 Å². The highest BCUT2D eigenvalue weighted by Crippen LogP contribution is 2.32. The molecule has 0 N–H and O–H groups in total. The van der Waals surface area contributed by atoms with E-state index in [0.717, 1.165) is 43.7 Å². The minimum Gasteiger partial charge on any atom is -0.486 e. The third-order valence-electron chi connectivity index (χ3n) is 5.05. The van der Waals surface area contributed by atoms with Crippen LogP contribution < -0.4 is 9.47 Å². The molecule has 4 rings (SSSR count). The van der Waals surface area contributed by atoms with E-state index in [1.807, 2.05) is 28.0 Å². The predicted octanol–water partition coefficient (Wildman–Crippen LogP) is 1.47. The fraction of sp³-hybridized carbons (Fsp3) is 0.579. The van der Waals surface area contributed by atoms with Crippen molar-refractivity contribution in [2.45, 2.75) is 25.7 Å². The van der Waals surface area contributed by atoms with Crippen molar-refractivity contribution in [1.29, 1.82) is 0 Å². The molecule has 1 saturated carbocycles. The van der Waals surface area contributed by atoms with Crippen molar-refractivity contribution >= 4 is 11.8 Å². The zero-order valence-corrected chi connectivity index (χ0v) is 14.4. The first kappa shape index (κ1) is 16.2. The summed E-state index contributed by atoms with van der Waals surface area (Å²) in [7, 11) is 0. The largest absolute Gasteiger partial charge is 0.486 e. The lowest BCUT2D eigenvalue weighted by atomic mass is 10.1. The number of benzene rings is 1. The van der Waals surface area contributed by atoms with Gasteiger partial charge in [-0.15, -0.1) is 0 Å². The number of rotatable bonds is 3. The summed E-state index contributed by atoms with van der Waals surface area (Å²) in [6.07, 6.45) is 3.27. The Labute approximate surface area is 147 Å². The molecule has 2 amide bonds. The monoisotopic (exact) mass is 344 g/mol. The Morgan fingerprint density at radius 1 is 0.960 bits per heavy atom. The first-order valence-electron chi connectivity index (χ1n) is 9.16. The van der Waals surface area contributed by atoms with Gasteiger partial charge in [0.15, 0.2) is 11.5 Å². The lowest BCUT2D eigenvalue weighted by molar-refractivity contribution is -0.134. The van der Waals surface area contributed by atoms with E-state index in [2.05, 4.69) is 0 Å². The number of fused-ring (bicyclic) bond motifs is 1. The molecule has 1 aliphatic carbocycles. The van der Waals surface area contributed by atoms with E-state index < -0.39 is 0 Å². The molecule has 2 aliphatic heterocycles. The van der Waals surface area contributed by atoms with Crippen LogP contribution in [-0.2, 0) is 16.0 Å². The summed E-state index contributed by atoms with van der Waals surface area (Å²) in [6.45, 7) is 3.88. The normalized spacial score (nSPS) is 20.2. The molecule has 25 heavy (non-hydrogen) atoms. The van der Waals surface area contributed by atoms with E-state index in [9.17, 15) is 9.59 Å². The van der Waals surface area contributed by atoms with Gasteiger partial charge in [-0.2, -0.15) is 0 Å². The highest BCUT2D eigenvalue weighted by Gasteiger charge is 2.34. The second kappa shape index (κ2) is 6.94. The Kier molecular flexibility index (Phi) is 4.51. The van der Waals surface area contributed by atoms with E-state index in [-0.39, 0.29) is 17.7 Å². The molecule has 0 bridgehead atoms. The van der Waals surface area contributed by atoms with Crippen LogP contribution in [0.3, 0.4) is 0 Å². The molecule has 0 unspecified atom stereocenters. The van der Waals surface area contributed by atoms with Gasteiger partial charge in [-0.05, 0) is 37.0 Å². The van der Waals surface area contributed by atoms with Crippen molar-refractivity contribution in [3.05, 3.63) is 23.8 Å². The zero-order valence-electron chi connectivity index (χ0n) is 14.4. The van der Waals surface area contributed by atoms with Crippen LogP contribution >= 0.6 is 0 Å². The van der Waals surface area contributed by atoms with E-state index in [1.54, 1.807) is 0 Å². The minimum atomic E-state index is 0.109. The summed E-state index contributed by atoms with van der Waals surface area (Å²) in [6, 6.07) is 5.69. The Balaban J connectivity index is 1.35. The highest BCUT2D eigenvalue weighted by atomic mass is 16.6. The molecule has 1 aromatic carbocycles. The molecular formula is C19H24N2O4. The maximum absolute atomic E-state index is 12.7. The number of carbonyl (C=O) groups excluding carboxylic acids is 2. The molecule has 1 saturated heterocycles. The van der Waals surface area contributed by atoms with Crippen LogP contribution in [-0.4, -0.2) is 61.0 Å². The topological polar surface area (TPSA) is 59.1 Å². The van der Waals surface area contributed by atoms with Crippen LogP contribution in [0.5, 0.6) is 11.5 Å².